The molecule has 7 heteroatoms. The molecule has 1 aliphatic rings. The van der Waals surface area contributed by atoms with E-state index in [1.165, 1.54) is 0 Å². The van der Waals surface area contributed by atoms with Gasteiger partial charge < -0.3 is 9.88 Å². The van der Waals surface area contributed by atoms with Crippen LogP contribution in [0.15, 0.2) is 77.5 Å². The third kappa shape index (κ3) is 4.82. The van der Waals surface area contributed by atoms with Gasteiger partial charge in [0.15, 0.2) is 0 Å². The first-order valence-electron chi connectivity index (χ1n) is 10.6. The summed E-state index contributed by atoms with van der Waals surface area (Å²) in [6.45, 7) is 3.45. The molecule has 1 fully saturated rings. The van der Waals surface area contributed by atoms with Gasteiger partial charge in [-0.25, -0.2) is 8.42 Å². The Morgan fingerprint density at radius 2 is 1.84 bits per heavy atom. The maximum Gasteiger partial charge on any atom is 0.270 e. The predicted octanol–water partition coefficient (Wildman–Crippen LogP) is 3.83. The van der Waals surface area contributed by atoms with Crippen molar-refractivity contribution in [1.82, 2.24) is 14.6 Å². The van der Waals surface area contributed by atoms with Gasteiger partial charge >= 0.3 is 0 Å². The lowest BCUT2D eigenvalue weighted by atomic mass is 9.99. The van der Waals surface area contributed by atoms with E-state index in [1.807, 2.05) is 36.4 Å². The second-order valence-electron chi connectivity index (χ2n) is 8.08. The summed E-state index contributed by atoms with van der Waals surface area (Å²) in [6.07, 6.45) is 5.70. The molecule has 0 aliphatic carbocycles. The summed E-state index contributed by atoms with van der Waals surface area (Å²) in [4.78, 5) is 18.2. The van der Waals surface area contributed by atoms with E-state index >= 15 is 0 Å². The maximum absolute atomic E-state index is 13.3. The number of nitrogens with one attached hydrogen (secondary N) is 2. The molecule has 1 saturated heterocycles. The smallest absolute Gasteiger partial charge is 0.270 e. The van der Waals surface area contributed by atoms with Crippen LogP contribution in [0.25, 0.3) is 10.9 Å². The number of nitrogens with zero attached hydrogens (tertiary/aromatic N) is 1. The van der Waals surface area contributed by atoms with Gasteiger partial charge in [0.1, 0.15) is 5.70 Å². The first kappa shape index (κ1) is 21.2. The number of sulfonamides is 1. The Morgan fingerprint density at radius 1 is 1.10 bits per heavy atom. The monoisotopic (exact) mass is 437 g/mol. The highest BCUT2D eigenvalue weighted by atomic mass is 32.2. The van der Waals surface area contributed by atoms with Crippen molar-refractivity contribution < 1.29 is 13.2 Å². The normalized spacial score (nSPS) is 15.9. The highest BCUT2D eigenvalue weighted by molar-refractivity contribution is 7.90. The summed E-state index contributed by atoms with van der Waals surface area (Å²) in [5.41, 5.74) is 1.84. The van der Waals surface area contributed by atoms with Gasteiger partial charge in [0.2, 0.25) is 0 Å². The Labute approximate surface area is 183 Å². The second kappa shape index (κ2) is 8.98. The van der Waals surface area contributed by atoms with Gasteiger partial charge in [-0.05, 0) is 48.9 Å². The van der Waals surface area contributed by atoms with E-state index in [-0.39, 0.29) is 16.5 Å². The van der Waals surface area contributed by atoms with Crippen LogP contribution in [0, 0.1) is 5.92 Å². The van der Waals surface area contributed by atoms with Crippen molar-refractivity contribution in [2.75, 3.05) is 13.1 Å². The number of hydrogen-bond acceptors (Lipinski definition) is 3. The number of amides is 1. The molecule has 3 aromatic rings. The van der Waals surface area contributed by atoms with E-state index in [2.05, 4.69) is 16.6 Å². The fourth-order valence-corrected chi connectivity index (χ4v) is 5.17. The molecular formula is C24H27N3O3S. The Morgan fingerprint density at radius 3 is 2.58 bits per heavy atom. The third-order valence-electron chi connectivity index (χ3n) is 5.77. The van der Waals surface area contributed by atoms with Crippen LogP contribution in [0.5, 0.6) is 0 Å². The number of benzene rings is 2. The molecule has 1 amide bonds. The largest absolute Gasteiger partial charge is 0.361 e. The average Bonchev–Trinajstić information content (AvgIpc) is 3.26. The minimum absolute atomic E-state index is 0.103. The quantitative estimate of drug-likeness (QED) is 0.575. The molecule has 1 aromatic heterocycles. The number of rotatable bonds is 6. The first-order chi connectivity index (χ1) is 14.9. The van der Waals surface area contributed by atoms with E-state index in [9.17, 15) is 13.2 Å². The Bertz CT molecular complexity index is 1190. The van der Waals surface area contributed by atoms with Crippen molar-refractivity contribution in [3.8, 4) is 0 Å². The summed E-state index contributed by atoms with van der Waals surface area (Å²) in [6, 6.07) is 16.5. The fourth-order valence-electron chi connectivity index (χ4n) is 3.88. The highest BCUT2D eigenvalue weighted by Gasteiger charge is 2.27. The Balaban J connectivity index is 1.65. The van der Waals surface area contributed by atoms with Crippen LogP contribution in [0.4, 0.5) is 0 Å². The summed E-state index contributed by atoms with van der Waals surface area (Å²) in [5.74, 6) is 0.302. The van der Waals surface area contributed by atoms with Crippen LogP contribution in [0.1, 0.15) is 25.3 Å². The van der Waals surface area contributed by atoms with Crippen LogP contribution >= 0.6 is 0 Å². The van der Waals surface area contributed by atoms with Crippen molar-refractivity contribution in [1.29, 1.82) is 0 Å². The van der Waals surface area contributed by atoms with Gasteiger partial charge in [0.25, 0.3) is 15.9 Å². The minimum atomic E-state index is -3.94. The molecule has 162 valence electrons. The average molecular weight is 438 g/mol. The van der Waals surface area contributed by atoms with Gasteiger partial charge in [0, 0.05) is 30.2 Å². The zero-order chi connectivity index (χ0) is 21.8. The summed E-state index contributed by atoms with van der Waals surface area (Å²) < 4.78 is 29.1. The summed E-state index contributed by atoms with van der Waals surface area (Å²) in [7, 11) is -3.94. The molecule has 4 rings (SSSR count). The van der Waals surface area contributed by atoms with Crippen LogP contribution in [0.3, 0.4) is 0 Å². The molecule has 0 bridgehead atoms. The second-order valence-corrected chi connectivity index (χ2v) is 9.73. The van der Waals surface area contributed by atoms with Crippen LogP contribution in [-0.2, 0) is 21.2 Å². The number of hydrogen-bond donors (Lipinski definition) is 2. The molecule has 6 nitrogen and oxygen atoms in total. The zero-order valence-electron chi connectivity index (χ0n) is 17.5. The zero-order valence-corrected chi connectivity index (χ0v) is 18.4. The molecule has 0 radical (unpaired) electrons. The molecule has 2 heterocycles. The minimum Gasteiger partial charge on any atom is -0.361 e. The number of carbonyl (C=O) groups excluding carboxylic acids is 1. The molecule has 1 aliphatic heterocycles. The topological polar surface area (TPSA) is 82.3 Å². The molecule has 0 atom stereocenters. The van der Waals surface area contributed by atoms with Gasteiger partial charge in [0.05, 0.1) is 4.90 Å². The van der Waals surface area contributed by atoms with E-state index in [0.29, 0.717) is 30.8 Å². The summed E-state index contributed by atoms with van der Waals surface area (Å²) in [5, 5.41) is 0.594. The number of H-pyrrole nitrogens is 1. The Kier molecular flexibility index (Phi) is 6.13. The number of aromatic amines is 1. The van der Waals surface area contributed by atoms with Crippen LogP contribution in [0.2, 0.25) is 0 Å². The molecule has 31 heavy (non-hydrogen) atoms. The van der Waals surface area contributed by atoms with Gasteiger partial charge in [-0.2, -0.15) is 0 Å². The summed E-state index contributed by atoms with van der Waals surface area (Å²) >= 11 is 0. The lowest BCUT2D eigenvalue weighted by Gasteiger charge is -2.31. The van der Waals surface area contributed by atoms with E-state index in [1.54, 1.807) is 35.4 Å². The van der Waals surface area contributed by atoms with Crippen LogP contribution < -0.4 is 4.72 Å². The predicted molar refractivity (Wildman–Crippen MR) is 122 cm³/mol. The highest BCUT2D eigenvalue weighted by Crippen LogP contribution is 2.23. The third-order valence-corrected chi connectivity index (χ3v) is 7.20. The fraction of sp³-hybridized carbons (Fsp3) is 0.292. The molecule has 2 N–H and O–H groups in total. The standard InChI is InChI=1S/C24H27N3O3S/c1-18-13-16-27(17-14-18)24(28)22(11-10-19-6-3-2-4-7-19)26-31(29,30)23-9-5-8-21-20(23)12-15-25-21/h2-9,11-12,15,18,25-26H,10,13-14,16-17H2,1H3/b22-11+. The van der Waals surface area contributed by atoms with Crippen LogP contribution in [-0.4, -0.2) is 37.3 Å². The lowest BCUT2D eigenvalue weighted by molar-refractivity contribution is -0.128. The van der Waals surface area contributed by atoms with Crippen molar-refractivity contribution in [3.05, 3.63) is 78.1 Å². The van der Waals surface area contributed by atoms with Gasteiger partial charge in [-0.3, -0.25) is 9.52 Å². The van der Waals surface area contributed by atoms with E-state index in [0.717, 1.165) is 23.9 Å². The number of likely N-dealkylation sites (tertiary alicyclic amines) is 1. The maximum atomic E-state index is 13.3. The number of piperidine rings is 1. The molecule has 0 unspecified atom stereocenters. The molecule has 2 aromatic carbocycles. The van der Waals surface area contributed by atoms with E-state index in [4.69, 9.17) is 0 Å². The van der Waals surface area contributed by atoms with Crippen molar-refractivity contribution in [3.63, 3.8) is 0 Å². The molecule has 0 spiro atoms. The van der Waals surface area contributed by atoms with E-state index < -0.39 is 10.0 Å². The number of aromatic nitrogens is 1. The van der Waals surface area contributed by atoms with Crippen molar-refractivity contribution >= 4 is 26.8 Å². The van der Waals surface area contributed by atoms with Gasteiger partial charge in [-0.15, -0.1) is 0 Å². The van der Waals surface area contributed by atoms with Crippen molar-refractivity contribution in [2.24, 2.45) is 5.92 Å². The van der Waals surface area contributed by atoms with Crippen molar-refractivity contribution in [2.45, 2.75) is 31.1 Å². The lowest BCUT2D eigenvalue weighted by Crippen LogP contribution is -2.42. The number of carbonyl (C=O) groups is 1. The SMILES string of the molecule is CC1CCN(C(=O)/C(=C\Cc2ccccc2)NS(=O)(=O)c2cccc3[nH]ccc23)CC1. The molecular weight excluding hydrogens is 410 g/mol. The molecule has 0 saturated carbocycles. The van der Waals surface area contributed by atoms with Gasteiger partial charge in [-0.1, -0.05) is 49.4 Å². The first-order valence-corrected chi connectivity index (χ1v) is 12.0. The Hall–Kier alpha value is -3.06. The number of allylic oxidation sites excluding steroid dienone is 1. The number of fused-ring (bicyclic) bond motifs is 1.